The topological polar surface area (TPSA) is 53.6 Å². The summed E-state index contributed by atoms with van der Waals surface area (Å²) < 4.78 is 38.5. The molecule has 0 atom stereocenters. The lowest BCUT2D eigenvalue weighted by atomic mass is 10.2. The number of hydrogen-bond acceptors (Lipinski definition) is 3. The molecule has 0 unspecified atom stereocenters. The molecule has 0 spiro atoms. The summed E-state index contributed by atoms with van der Waals surface area (Å²) in [6.07, 6.45) is -1.22. The highest BCUT2D eigenvalue weighted by atomic mass is 19.4. The molecule has 19 heavy (non-hydrogen) atoms. The molecule has 0 aliphatic rings. The van der Waals surface area contributed by atoms with Gasteiger partial charge in [-0.25, -0.2) is 9.97 Å². The molecule has 2 N–H and O–H groups in total. The minimum atomic E-state index is -4.41. The average molecular weight is 272 g/mol. The van der Waals surface area contributed by atoms with Gasteiger partial charge in [-0.2, -0.15) is 13.2 Å². The summed E-state index contributed by atoms with van der Waals surface area (Å²) in [6, 6.07) is 0. The summed E-state index contributed by atoms with van der Waals surface area (Å²) in [4.78, 5) is 10.2. The number of nitrogens with zero attached hydrogens (tertiary/aromatic N) is 2. The first-order valence-electron chi connectivity index (χ1n) is 6.09. The van der Waals surface area contributed by atoms with Gasteiger partial charge < -0.3 is 10.3 Å². The van der Waals surface area contributed by atoms with E-state index in [2.05, 4.69) is 20.3 Å². The van der Waals surface area contributed by atoms with Gasteiger partial charge in [-0.3, -0.25) is 0 Å². The number of aryl methyl sites for hydroxylation is 1. The van der Waals surface area contributed by atoms with Crippen molar-refractivity contribution < 1.29 is 13.2 Å². The predicted molar refractivity (Wildman–Crippen MR) is 67.0 cm³/mol. The number of alkyl halides is 3. The van der Waals surface area contributed by atoms with Crippen molar-refractivity contribution in [2.24, 2.45) is 0 Å². The fourth-order valence-electron chi connectivity index (χ4n) is 1.97. The molecular weight excluding hydrogens is 257 g/mol. The minimum Gasteiger partial charge on any atom is -0.369 e. The standard InChI is InChI=1S/C12H15F3N4/c1-3-4-5-16-10-8-7(2)9(12(13,14)15)19-11(8)18-6-17-10/h6H,3-5H2,1-2H3,(H2,16,17,18,19). The molecule has 2 aromatic heterocycles. The zero-order chi connectivity index (χ0) is 14.0. The molecule has 0 aromatic carbocycles. The van der Waals surface area contributed by atoms with Crippen molar-refractivity contribution in [3.8, 4) is 0 Å². The van der Waals surface area contributed by atoms with Gasteiger partial charge in [0.15, 0.2) is 0 Å². The van der Waals surface area contributed by atoms with Crippen LogP contribution in [-0.4, -0.2) is 21.5 Å². The van der Waals surface area contributed by atoms with Gasteiger partial charge in [-0.1, -0.05) is 13.3 Å². The number of halogens is 3. The Kier molecular flexibility index (Phi) is 3.64. The monoisotopic (exact) mass is 272 g/mol. The van der Waals surface area contributed by atoms with Gasteiger partial charge in [-0.15, -0.1) is 0 Å². The molecule has 0 saturated heterocycles. The molecule has 2 aromatic rings. The van der Waals surface area contributed by atoms with Gasteiger partial charge in [0.2, 0.25) is 0 Å². The molecule has 4 nitrogen and oxygen atoms in total. The average Bonchev–Trinajstić information content (AvgIpc) is 2.68. The van der Waals surface area contributed by atoms with E-state index in [1.165, 1.54) is 13.3 Å². The van der Waals surface area contributed by atoms with Gasteiger partial charge in [0.25, 0.3) is 0 Å². The third kappa shape index (κ3) is 2.64. The van der Waals surface area contributed by atoms with Crippen LogP contribution in [0.1, 0.15) is 31.0 Å². The summed E-state index contributed by atoms with van der Waals surface area (Å²) in [5.41, 5.74) is -0.428. The molecule has 0 radical (unpaired) electrons. The van der Waals surface area contributed by atoms with Crippen LogP contribution in [-0.2, 0) is 6.18 Å². The molecule has 7 heteroatoms. The maximum absolute atomic E-state index is 12.8. The lowest BCUT2D eigenvalue weighted by Crippen LogP contribution is -2.07. The highest BCUT2D eigenvalue weighted by Crippen LogP contribution is 2.36. The molecule has 0 aliphatic carbocycles. The summed E-state index contributed by atoms with van der Waals surface area (Å²) >= 11 is 0. The summed E-state index contributed by atoms with van der Waals surface area (Å²) in [5, 5.41) is 3.46. The van der Waals surface area contributed by atoms with E-state index in [0.717, 1.165) is 12.8 Å². The van der Waals surface area contributed by atoms with Crippen LogP contribution in [0, 0.1) is 6.92 Å². The first kappa shape index (κ1) is 13.6. The van der Waals surface area contributed by atoms with E-state index in [1.807, 2.05) is 6.92 Å². The molecule has 0 bridgehead atoms. The molecule has 104 valence electrons. The Morgan fingerprint density at radius 1 is 1.32 bits per heavy atom. The number of hydrogen-bond donors (Lipinski definition) is 2. The number of rotatable bonds is 4. The van der Waals surface area contributed by atoms with Crippen molar-refractivity contribution in [2.75, 3.05) is 11.9 Å². The van der Waals surface area contributed by atoms with E-state index in [0.29, 0.717) is 17.7 Å². The molecular formula is C12H15F3N4. The van der Waals surface area contributed by atoms with E-state index in [1.54, 1.807) is 0 Å². The van der Waals surface area contributed by atoms with Crippen molar-refractivity contribution in [3.05, 3.63) is 17.6 Å². The molecule has 0 aliphatic heterocycles. The largest absolute Gasteiger partial charge is 0.431 e. The smallest absolute Gasteiger partial charge is 0.369 e. The normalized spacial score (nSPS) is 12.1. The van der Waals surface area contributed by atoms with Crippen LogP contribution in [0.4, 0.5) is 19.0 Å². The van der Waals surface area contributed by atoms with E-state index < -0.39 is 11.9 Å². The zero-order valence-corrected chi connectivity index (χ0v) is 10.7. The number of H-pyrrole nitrogens is 1. The van der Waals surface area contributed by atoms with Crippen LogP contribution in [0.5, 0.6) is 0 Å². The van der Waals surface area contributed by atoms with E-state index >= 15 is 0 Å². The van der Waals surface area contributed by atoms with Crippen molar-refractivity contribution >= 4 is 16.9 Å². The van der Waals surface area contributed by atoms with Gasteiger partial charge in [0, 0.05) is 6.54 Å². The van der Waals surface area contributed by atoms with E-state index in [-0.39, 0.29) is 11.2 Å². The van der Waals surface area contributed by atoms with Crippen LogP contribution in [0.3, 0.4) is 0 Å². The summed E-state index contributed by atoms with van der Waals surface area (Å²) in [7, 11) is 0. The maximum Gasteiger partial charge on any atom is 0.431 e. The Hall–Kier alpha value is -1.79. The van der Waals surface area contributed by atoms with Gasteiger partial charge in [0.1, 0.15) is 23.5 Å². The first-order valence-corrected chi connectivity index (χ1v) is 6.09. The number of unbranched alkanes of at least 4 members (excludes halogenated alkanes) is 1. The Balaban J connectivity index is 2.46. The zero-order valence-electron chi connectivity index (χ0n) is 10.7. The molecule has 0 amide bonds. The van der Waals surface area contributed by atoms with Crippen molar-refractivity contribution in [1.29, 1.82) is 0 Å². The van der Waals surface area contributed by atoms with Crippen molar-refractivity contribution in [3.63, 3.8) is 0 Å². The Bertz CT molecular complexity index is 574. The Morgan fingerprint density at radius 2 is 2.05 bits per heavy atom. The number of aromatic amines is 1. The second kappa shape index (κ2) is 5.07. The van der Waals surface area contributed by atoms with E-state index in [4.69, 9.17) is 0 Å². The highest BCUT2D eigenvalue weighted by Gasteiger charge is 2.35. The van der Waals surface area contributed by atoms with E-state index in [9.17, 15) is 13.2 Å². The number of anilines is 1. The lowest BCUT2D eigenvalue weighted by Gasteiger charge is -2.06. The summed E-state index contributed by atoms with van der Waals surface area (Å²) in [6.45, 7) is 4.14. The van der Waals surface area contributed by atoms with Crippen LogP contribution in [0.25, 0.3) is 11.0 Å². The van der Waals surface area contributed by atoms with Gasteiger partial charge >= 0.3 is 6.18 Å². The number of aromatic nitrogens is 3. The van der Waals surface area contributed by atoms with Crippen molar-refractivity contribution in [2.45, 2.75) is 32.9 Å². The Labute approximate surface area is 108 Å². The van der Waals surface area contributed by atoms with Crippen LogP contribution in [0.15, 0.2) is 6.33 Å². The number of fused-ring (bicyclic) bond motifs is 1. The highest BCUT2D eigenvalue weighted by molar-refractivity contribution is 5.91. The SMILES string of the molecule is CCCCNc1ncnc2[nH]c(C(F)(F)F)c(C)c12. The molecule has 0 fully saturated rings. The fraction of sp³-hybridized carbons (Fsp3) is 0.500. The quantitative estimate of drug-likeness (QED) is 0.837. The van der Waals surface area contributed by atoms with Gasteiger partial charge in [-0.05, 0) is 18.9 Å². The molecule has 2 rings (SSSR count). The minimum absolute atomic E-state index is 0.127. The van der Waals surface area contributed by atoms with Crippen molar-refractivity contribution in [1.82, 2.24) is 15.0 Å². The fourth-order valence-corrected chi connectivity index (χ4v) is 1.97. The van der Waals surface area contributed by atoms with Crippen LogP contribution in [0.2, 0.25) is 0 Å². The molecule has 0 saturated carbocycles. The third-order valence-electron chi connectivity index (χ3n) is 2.95. The predicted octanol–water partition coefficient (Wildman–Crippen LogP) is 3.50. The second-order valence-electron chi connectivity index (χ2n) is 4.35. The third-order valence-corrected chi connectivity index (χ3v) is 2.95. The molecule has 2 heterocycles. The first-order chi connectivity index (χ1) is 8.95. The van der Waals surface area contributed by atoms with Crippen LogP contribution >= 0.6 is 0 Å². The summed E-state index contributed by atoms with van der Waals surface area (Å²) in [5.74, 6) is 0.447. The lowest BCUT2D eigenvalue weighted by molar-refractivity contribution is -0.141. The maximum atomic E-state index is 12.8. The van der Waals surface area contributed by atoms with Gasteiger partial charge in [0.05, 0.1) is 5.39 Å². The van der Waals surface area contributed by atoms with Crippen LogP contribution < -0.4 is 5.32 Å². The Morgan fingerprint density at radius 3 is 2.68 bits per heavy atom. The second-order valence-corrected chi connectivity index (χ2v) is 4.35. The number of nitrogens with one attached hydrogen (secondary N) is 2.